The highest BCUT2D eigenvalue weighted by molar-refractivity contribution is 7.99. The highest BCUT2D eigenvalue weighted by Crippen LogP contribution is 2.23. The van der Waals surface area contributed by atoms with E-state index in [0.717, 1.165) is 17.0 Å². The van der Waals surface area contributed by atoms with E-state index in [1.165, 1.54) is 36.9 Å². The zero-order chi connectivity index (χ0) is 19.1. The Hall–Kier alpha value is -2.12. The van der Waals surface area contributed by atoms with E-state index in [2.05, 4.69) is 5.32 Å². The van der Waals surface area contributed by atoms with E-state index < -0.39 is 23.8 Å². The molecule has 2 rings (SSSR count). The fourth-order valence-corrected chi connectivity index (χ4v) is 2.97. The van der Waals surface area contributed by atoms with Crippen molar-refractivity contribution in [2.24, 2.45) is 0 Å². The molecule has 1 unspecified atom stereocenters. The van der Waals surface area contributed by atoms with Gasteiger partial charge in [0.1, 0.15) is 11.6 Å². The van der Waals surface area contributed by atoms with Crippen LogP contribution in [0.25, 0.3) is 0 Å². The van der Waals surface area contributed by atoms with Crippen LogP contribution in [0.3, 0.4) is 0 Å². The van der Waals surface area contributed by atoms with Crippen LogP contribution in [-0.2, 0) is 14.3 Å². The molecular formula is C18H16ClF2NO3S. The summed E-state index contributed by atoms with van der Waals surface area (Å²) in [5.74, 6) is -1.52. The summed E-state index contributed by atoms with van der Waals surface area (Å²) in [4.78, 5) is 24.7. The summed E-state index contributed by atoms with van der Waals surface area (Å²) in [7, 11) is 0. The van der Waals surface area contributed by atoms with Crippen LogP contribution in [0.4, 0.5) is 14.5 Å². The van der Waals surface area contributed by atoms with Crippen molar-refractivity contribution in [2.75, 3.05) is 11.1 Å². The van der Waals surface area contributed by atoms with Gasteiger partial charge in [-0.25, -0.2) is 8.78 Å². The number of carbonyl (C=O) groups excluding carboxylic acids is 2. The van der Waals surface area contributed by atoms with Gasteiger partial charge in [-0.05, 0) is 49.4 Å². The number of ether oxygens (including phenoxy) is 1. The second kappa shape index (κ2) is 9.54. The minimum Gasteiger partial charge on any atom is -0.453 e. The number of nitrogens with one attached hydrogen (secondary N) is 1. The van der Waals surface area contributed by atoms with Crippen LogP contribution in [0.15, 0.2) is 47.4 Å². The lowest BCUT2D eigenvalue weighted by Gasteiger charge is -2.14. The van der Waals surface area contributed by atoms with Gasteiger partial charge in [-0.2, -0.15) is 0 Å². The van der Waals surface area contributed by atoms with E-state index in [1.807, 2.05) is 0 Å². The van der Waals surface area contributed by atoms with Gasteiger partial charge in [0.25, 0.3) is 5.91 Å². The number of thioether (sulfide) groups is 1. The van der Waals surface area contributed by atoms with E-state index in [-0.39, 0.29) is 22.9 Å². The lowest BCUT2D eigenvalue weighted by molar-refractivity contribution is -0.152. The zero-order valence-electron chi connectivity index (χ0n) is 13.8. The van der Waals surface area contributed by atoms with Gasteiger partial charge in [0.15, 0.2) is 6.10 Å². The number of hydrogen-bond donors (Lipinski definition) is 1. The van der Waals surface area contributed by atoms with E-state index in [0.29, 0.717) is 5.75 Å². The van der Waals surface area contributed by atoms with E-state index >= 15 is 0 Å². The predicted molar refractivity (Wildman–Crippen MR) is 97.3 cm³/mol. The largest absolute Gasteiger partial charge is 0.453 e. The summed E-state index contributed by atoms with van der Waals surface area (Å²) >= 11 is 7.21. The smallest absolute Gasteiger partial charge is 0.307 e. The number of benzene rings is 2. The summed E-state index contributed by atoms with van der Waals surface area (Å²) in [6.07, 6.45) is -0.934. The molecular weight excluding hydrogens is 384 g/mol. The van der Waals surface area contributed by atoms with Crippen molar-refractivity contribution >= 4 is 40.9 Å². The van der Waals surface area contributed by atoms with Crippen LogP contribution < -0.4 is 5.32 Å². The predicted octanol–water partition coefficient (Wildman–Crippen LogP) is 4.67. The molecule has 2 aromatic carbocycles. The number of amides is 1. The van der Waals surface area contributed by atoms with Gasteiger partial charge >= 0.3 is 5.97 Å². The first-order chi connectivity index (χ1) is 12.3. The lowest BCUT2D eigenvalue weighted by atomic mass is 10.3. The Kier molecular flexibility index (Phi) is 7.41. The van der Waals surface area contributed by atoms with Crippen LogP contribution in [0.5, 0.6) is 0 Å². The number of anilines is 1. The molecule has 2 aromatic rings. The van der Waals surface area contributed by atoms with Gasteiger partial charge in [0, 0.05) is 10.6 Å². The molecule has 0 heterocycles. The Morgan fingerprint density at radius 2 is 1.81 bits per heavy atom. The number of rotatable bonds is 7. The maximum atomic E-state index is 13.0. The summed E-state index contributed by atoms with van der Waals surface area (Å²) in [5, 5.41) is 2.52. The first-order valence-corrected chi connectivity index (χ1v) is 9.05. The molecule has 0 aliphatic rings. The molecule has 26 heavy (non-hydrogen) atoms. The Morgan fingerprint density at radius 3 is 2.46 bits per heavy atom. The normalized spacial score (nSPS) is 11.7. The average molecular weight is 400 g/mol. The van der Waals surface area contributed by atoms with Crippen molar-refractivity contribution in [1.82, 2.24) is 0 Å². The maximum absolute atomic E-state index is 13.0. The number of carbonyl (C=O) groups is 2. The molecule has 138 valence electrons. The van der Waals surface area contributed by atoms with Gasteiger partial charge < -0.3 is 10.1 Å². The summed E-state index contributed by atoms with van der Waals surface area (Å²) in [6.45, 7) is 1.43. The first-order valence-electron chi connectivity index (χ1n) is 7.69. The first kappa shape index (κ1) is 20.2. The van der Waals surface area contributed by atoms with Crippen LogP contribution in [0.2, 0.25) is 5.02 Å². The summed E-state index contributed by atoms with van der Waals surface area (Å²) in [5.41, 5.74) is 0.229. The molecule has 8 heteroatoms. The monoisotopic (exact) mass is 399 g/mol. The molecule has 0 bridgehead atoms. The van der Waals surface area contributed by atoms with Crippen LogP contribution in [-0.4, -0.2) is 23.7 Å². The molecule has 1 atom stereocenters. The number of halogens is 3. The van der Waals surface area contributed by atoms with Crippen molar-refractivity contribution in [3.8, 4) is 0 Å². The Bertz CT molecular complexity index is 787. The van der Waals surface area contributed by atoms with Crippen molar-refractivity contribution in [3.63, 3.8) is 0 Å². The Labute approximate surface area is 158 Å². The molecule has 0 spiro atoms. The van der Waals surface area contributed by atoms with Gasteiger partial charge in [-0.3, -0.25) is 9.59 Å². The molecule has 0 fully saturated rings. The van der Waals surface area contributed by atoms with Crippen molar-refractivity contribution in [2.45, 2.75) is 24.3 Å². The number of hydrogen-bond acceptors (Lipinski definition) is 4. The fourth-order valence-electron chi connectivity index (χ4n) is 1.92. The molecule has 4 nitrogen and oxygen atoms in total. The third kappa shape index (κ3) is 6.31. The van der Waals surface area contributed by atoms with Crippen LogP contribution in [0.1, 0.15) is 13.3 Å². The minimum atomic E-state index is -1.03. The molecule has 0 aromatic heterocycles. The van der Waals surface area contributed by atoms with Crippen LogP contribution >= 0.6 is 23.4 Å². The second-order valence-corrected chi connectivity index (χ2v) is 6.87. The second-order valence-electron chi connectivity index (χ2n) is 5.30. The molecule has 0 aliphatic carbocycles. The zero-order valence-corrected chi connectivity index (χ0v) is 15.4. The lowest BCUT2D eigenvalue weighted by Crippen LogP contribution is -2.30. The highest BCUT2D eigenvalue weighted by Gasteiger charge is 2.18. The quantitative estimate of drug-likeness (QED) is 0.543. The van der Waals surface area contributed by atoms with Gasteiger partial charge in [0.2, 0.25) is 0 Å². The average Bonchev–Trinajstić information content (AvgIpc) is 2.59. The topological polar surface area (TPSA) is 55.4 Å². The van der Waals surface area contributed by atoms with Crippen molar-refractivity contribution < 1.29 is 23.1 Å². The third-order valence-corrected chi connectivity index (χ3v) is 4.58. The Morgan fingerprint density at radius 1 is 1.15 bits per heavy atom. The van der Waals surface area contributed by atoms with Crippen molar-refractivity contribution in [1.29, 1.82) is 0 Å². The highest BCUT2D eigenvalue weighted by atomic mass is 35.5. The van der Waals surface area contributed by atoms with E-state index in [1.54, 1.807) is 12.1 Å². The van der Waals surface area contributed by atoms with Crippen molar-refractivity contribution in [3.05, 3.63) is 59.1 Å². The molecule has 0 aliphatic heterocycles. The fraction of sp³-hybridized carbons (Fsp3) is 0.222. The van der Waals surface area contributed by atoms with E-state index in [9.17, 15) is 18.4 Å². The standard InChI is InChI=1S/C18H16ClF2NO3S/c1-11(18(24)22-16-7-4-13(21)10-15(16)19)25-17(23)8-9-26-14-5-2-12(20)3-6-14/h2-7,10-11H,8-9H2,1H3,(H,22,24). The molecule has 1 amide bonds. The molecule has 0 saturated carbocycles. The maximum Gasteiger partial charge on any atom is 0.307 e. The third-order valence-electron chi connectivity index (χ3n) is 3.26. The Balaban J connectivity index is 1.76. The van der Waals surface area contributed by atoms with E-state index in [4.69, 9.17) is 16.3 Å². The number of esters is 1. The molecule has 1 N–H and O–H groups in total. The molecule has 0 radical (unpaired) electrons. The van der Waals surface area contributed by atoms with Gasteiger partial charge in [-0.1, -0.05) is 11.6 Å². The van der Waals surface area contributed by atoms with Gasteiger partial charge in [0.05, 0.1) is 17.1 Å². The summed E-state index contributed by atoms with van der Waals surface area (Å²) in [6, 6.07) is 9.47. The van der Waals surface area contributed by atoms with Gasteiger partial charge in [-0.15, -0.1) is 11.8 Å². The SMILES string of the molecule is CC(OC(=O)CCSc1ccc(F)cc1)C(=O)Nc1ccc(F)cc1Cl. The summed E-state index contributed by atoms with van der Waals surface area (Å²) < 4.78 is 30.9. The molecule has 0 saturated heterocycles. The minimum absolute atomic E-state index is 0.0487. The van der Waals surface area contributed by atoms with Crippen LogP contribution in [0, 0.1) is 11.6 Å².